The molecule has 0 radical (unpaired) electrons. The number of aromatic nitrogens is 2. The van der Waals surface area contributed by atoms with Gasteiger partial charge in [0.1, 0.15) is 0 Å². The Kier molecular flexibility index (Phi) is 2.70. The van der Waals surface area contributed by atoms with E-state index in [0.717, 1.165) is 5.69 Å². The summed E-state index contributed by atoms with van der Waals surface area (Å²) in [4.78, 5) is 10.9. The number of aryl methyl sites for hydroxylation is 1. The summed E-state index contributed by atoms with van der Waals surface area (Å²) in [6.07, 6.45) is 1.70. The number of carbonyl (C=O) groups is 1. The van der Waals surface area contributed by atoms with Crippen LogP contribution in [0.15, 0.2) is 12.3 Å². The second kappa shape index (κ2) is 3.60. The third kappa shape index (κ3) is 2.08. The average Bonchev–Trinajstić information content (AvgIpc) is 2.34. The van der Waals surface area contributed by atoms with E-state index in [1.54, 1.807) is 12.3 Å². The lowest BCUT2D eigenvalue weighted by Gasteiger charge is -2.16. The van der Waals surface area contributed by atoms with Gasteiger partial charge in [0.25, 0.3) is 0 Å². The Balaban J connectivity index is 2.95. The average molecular weight is 182 g/mol. The fourth-order valence-electron chi connectivity index (χ4n) is 1.29. The summed E-state index contributed by atoms with van der Waals surface area (Å²) in [5, 5.41) is 13.0. The van der Waals surface area contributed by atoms with Gasteiger partial charge < -0.3 is 5.11 Å². The number of rotatable bonds is 3. The molecule has 0 amide bonds. The first-order chi connectivity index (χ1) is 6.02. The van der Waals surface area contributed by atoms with Crippen molar-refractivity contribution in [2.75, 3.05) is 0 Å². The molecule has 1 N–H and O–H groups in total. The van der Waals surface area contributed by atoms with Crippen LogP contribution < -0.4 is 0 Å². The van der Waals surface area contributed by atoms with Gasteiger partial charge in [-0.2, -0.15) is 5.10 Å². The molecule has 72 valence electrons. The Morgan fingerprint density at radius 1 is 1.62 bits per heavy atom. The third-order valence-electron chi connectivity index (χ3n) is 1.91. The molecular formula is C9H14N2O2. The van der Waals surface area contributed by atoms with E-state index in [9.17, 15) is 4.79 Å². The number of nitrogens with zero attached hydrogens (tertiary/aromatic N) is 2. The van der Waals surface area contributed by atoms with Crippen LogP contribution in [0.3, 0.4) is 0 Å². The Labute approximate surface area is 77.2 Å². The lowest BCUT2D eigenvalue weighted by Crippen LogP contribution is -2.24. The van der Waals surface area contributed by atoms with Gasteiger partial charge in [-0.15, -0.1) is 0 Å². The Hall–Kier alpha value is -1.32. The molecule has 0 aliphatic rings. The quantitative estimate of drug-likeness (QED) is 0.770. The standard InChI is InChI=1S/C9H14N2O2/c1-6(2)8(9(12)13)11-5-4-7(3)10-11/h4-6,8H,1-3H3,(H,12,13). The van der Waals surface area contributed by atoms with Gasteiger partial charge in [0.2, 0.25) is 0 Å². The molecule has 13 heavy (non-hydrogen) atoms. The summed E-state index contributed by atoms with van der Waals surface area (Å²) in [5.41, 5.74) is 0.840. The van der Waals surface area contributed by atoms with Crippen molar-refractivity contribution in [3.8, 4) is 0 Å². The molecular weight excluding hydrogens is 168 g/mol. The predicted molar refractivity (Wildman–Crippen MR) is 48.5 cm³/mol. The zero-order valence-electron chi connectivity index (χ0n) is 8.06. The fraction of sp³-hybridized carbons (Fsp3) is 0.556. The summed E-state index contributed by atoms with van der Waals surface area (Å²) in [5.74, 6) is -0.796. The van der Waals surface area contributed by atoms with Crippen LogP contribution in [0.5, 0.6) is 0 Å². The molecule has 1 unspecified atom stereocenters. The van der Waals surface area contributed by atoms with E-state index in [2.05, 4.69) is 5.10 Å². The van der Waals surface area contributed by atoms with Crippen LogP contribution in [0.2, 0.25) is 0 Å². The lowest BCUT2D eigenvalue weighted by molar-refractivity contribution is -0.142. The minimum atomic E-state index is -0.835. The monoisotopic (exact) mass is 182 g/mol. The highest BCUT2D eigenvalue weighted by Gasteiger charge is 2.23. The van der Waals surface area contributed by atoms with Gasteiger partial charge in [0, 0.05) is 6.20 Å². The molecule has 1 atom stereocenters. The van der Waals surface area contributed by atoms with E-state index in [1.807, 2.05) is 20.8 Å². The second-order valence-electron chi connectivity index (χ2n) is 3.46. The molecule has 0 aliphatic heterocycles. The van der Waals surface area contributed by atoms with Crippen LogP contribution in [-0.2, 0) is 4.79 Å². The molecule has 0 aromatic carbocycles. The van der Waals surface area contributed by atoms with Crippen LogP contribution in [0.4, 0.5) is 0 Å². The molecule has 1 aromatic rings. The van der Waals surface area contributed by atoms with E-state index in [4.69, 9.17) is 5.11 Å². The number of aliphatic carboxylic acids is 1. The Bertz CT molecular complexity index is 304. The highest BCUT2D eigenvalue weighted by atomic mass is 16.4. The molecule has 0 bridgehead atoms. The number of carboxylic acid groups (broad SMARTS) is 1. The molecule has 1 rings (SSSR count). The van der Waals surface area contributed by atoms with E-state index in [0.29, 0.717) is 0 Å². The molecule has 1 aromatic heterocycles. The first-order valence-corrected chi connectivity index (χ1v) is 4.27. The molecule has 0 spiro atoms. The topological polar surface area (TPSA) is 55.1 Å². The van der Waals surface area contributed by atoms with Gasteiger partial charge in [-0.1, -0.05) is 13.8 Å². The summed E-state index contributed by atoms with van der Waals surface area (Å²) < 4.78 is 1.50. The smallest absolute Gasteiger partial charge is 0.328 e. The highest BCUT2D eigenvalue weighted by molar-refractivity contribution is 5.72. The maximum atomic E-state index is 10.9. The number of hydrogen-bond acceptors (Lipinski definition) is 2. The Morgan fingerprint density at radius 2 is 2.23 bits per heavy atom. The molecule has 0 fully saturated rings. The summed E-state index contributed by atoms with van der Waals surface area (Å²) in [6.45, 7) is 5.58. The Morgan fingerprint density at radius 3 is 2.54 bits per heavy atom. The molecule has 1 heterocycles. The van der Waals surface area contributed by atoms with Crippen molar-refractivity contribution in [1.82, 2.24) is 9.78 Å². The van der Waals surface area contributed by atoms with Crippen molar-refractivity contribution in [1.29, 1.82) is 0 Å². The predicted octanol–water partition coefficient (Wildman–Crippen LogP) is 1.47. The van der Waals surface area contributed by atoms with Crippen molar-refractivity contribution in [2.24, 2.45) is 5.92 Å². The van der Waals surface area contributed by atoms with Crippen LogP contribution >= 0.6 is 0 Å². The largest absolute Gasteiger partial charge is 0.480 e. The van der Waals surface area contributed by atoms with E-state index < -0.39 is 12.0 Å². The SMILES string of the molecule is Cc1ccn(C(C(=O)O)C(C)C)n1. The van der Waals surface area contributed by atoms with E-state index in [1.165, 1.54) is 4.68 Å². The second-order valence-corrected chi connectivity index (χ2v) is 3.46. The van der Waals surface area contributed by atoms with E-state index in [-0.39, 0.29) is 5.92 Å². The van der Waals surface area contributed by atoms with Crippen molar-refractivity contribution >= 4 is 5.97 Å². The number of carboxylic acids is 1. The maximum absolute atomic E-state index is 10.9. The molecule has 0 aliphatic carbocycles. The van der Waals surface area contributed by atoms with Gasteiger partial charge in [-0.25, -0.2) is 4.79 Å². The van der Waals surface area contributed by atoms with Crippen LogP contribution in [0.1, 0.15) is 25.6 Å². The lowest BCUT2D eigenvalue weighted by atomic mass is 10.1. The van der Waals surface area contributed by atoms with Crippen molar-refractivity contribution in [3.05, 3.63) is 18.0 Å². The minimum Gasteiger partial charge on any atom is -0.480 e. The first kappa shape index (κ1) is 9.77. The zero-order chi connectivity index (χ0) is 10.0. The zero-order valence-corrected chi connectivity index (χ0v) is 8.06. The van der Waals surface area contributed by atoms with Gasteiger partial charge in [0.15, 0.2) is 6.04 Å². The van der Waals surface area contributed by atoms with Crippen LogP contribution in [0.25, 0.3) is 0 Å². The summed E-state index contributed by atoms with van der Waals surface area (Å²) in [6, 6.07) is 1.24. The molecule has 0 saturated carbocycles. The molecule has 0 saturated heterocycles. The molecule has 4 heteroatoms. The minimum absolute atomic E-state index is 0.0387. The van der Waals surface area contributed by atoms with Crippen molar-refractivity contribution in [3.63, 3.8) is 0 Å². The van der Waals surface area contributed by atoms with Crippen LogP contribution in [-0.4, -0.2) is 20.9 Å². The highest BCUT2D eigenvalue weighted by Crippen LogP contribution is 2.16. The van der Waals surface area contributed by atoms with Crippen molar-refractivity contribution < 1.29 is 9.90 Å². The van der Waals surface area contributed by atoms with Gasteiger partial charge in [0.05, 0.1) is 5.69 Å². The molecule has 4 nitrogen and oxygen atoms in total. The number of hydrogen-bond donors (Lipinski definition) is 1. The normalized spacial score (nSPS) is 13.2. The summed E-state index contributed by atoms with van der Waals surface area (Å²) >= 11 is 0. The maximum Gasteiger partial charge on any atom is 0.328 e. The van der Waals surface area contributed by atoms with Crippen LogP contribution in [0, 0.1) is 12.8 Å². The third-order valence-corrected chi connectivity index (χ3v) is 1.91. The first-order valence-electron chi connectivity index (χ1n) is 4.27. The van der Waals surface area contributed by atoms with Gasteiger partial charge in [-0.05, 0) is 18.9 Å². The fourth-order valence-corrected chi connectivity index (χ4v) is 1.29. The van der Waals surface area contributed by atoms with Gasteiger partial charge in [-0.3, -0.25) is 4.68 Å². The van der Waals surface area contributed by atoms with Gasteiger partial charge >= 0.3 is 5.97 Å². The summed E-state index contributed by atoms with van der Waals surface area (Å²) in [7, 11) is 0. The van der Waals surface area contributed by atoms with E-state index >= 15 is 0 Å². The van der Waals surface area contributed by atoms with Crippen molar-refractivity contribution in [2.45, 2.75) is 26.8 Å².